The van der Waals surface area contributed by atoms with Crippen LogP contribution in [0.15, 0.2) is 54.7 Å². The molecular formula is C15H16N2O3. The van der Waals surface area contributed by atoms with Crippen LogP contribution in [-0.4, -0.2) is 17.6 Å². The maximum Gasteiger partial charge on any atom is 0.317 e. The van der Waals surface area contributed by atoms with Gasteiger partial charge in [0, 0.05) is 12.1 Å². The van der Waals surface area contributed by atoms with Crippen molar-refractivity contribution in [3.63, 3.8) is 0 Å². The summed E-state index contributed by atoms with van der Waals surface area (Å²) in [7, 11) is 0. The van der Waals surface area contributed by atoms with Gasteiger partial charge in [-0.15, -0.1) is 0 Å². The largest absolute Gasteiger partial charge is 0.618 e. The predicted molar refractivity (Wildman–Crippen MR) is 73.7 cm³/mol. The molecule has 20 heavy (non-hydrogen) atoms. The summed E-state index contributed by atoms with van der Waals surface area (Å²) in [5.74, 6) is -0.517. The minimum Gasteiger partial charge on any atom is -0.618 e. The maximum atomic E-state index is 11.9. The number of pyridine rings is 1. The third kappa shape index (κ3) is 3.13. The van der Waals surface area contributed by atoms with E-state index in [9.17, 15) is 15.1 Å². The van der Waals surface area contributed by atoms with Crippen molar-refractivity contribution in [2.75, 3.05) is 6.54 Å². The number of aliphatic hydroxyl groups is 1. The lowest BCUT2D eigenvalue weighted by Crippen LogP contribution is -2.43. The molecule has 0 fully saturated rings. The molecule has 0 aliphatic heterocycles. The number of hydrogen-bond donors (Lipinski definition) is 2. The Bertz CT molecular complexity index is 597. The first-order chi connectivity index (χ1) is 9.50. The Morgan fingerprint density at radius 2 is 1.90 bits per heavy atom. The van der Waals surface area contributed by atoms with Crippen LogP contribution in [0.4, 0.5) is 0 Å². The van der Waals surface area contributed by atoms with Crippen LogP contribution in [0.25, 0.3) is 0 Å². The van der Waals surface area contributed by atoms with E-state index in [0.29, 0.717) is 10.3 Å². The van der Waals surface area contributed by atoms with Crippen molar-refractivity contribution >= 4 is 5.91 Å². The number of amides is 1. The normalized spacial score (nSPS) is 13.5. The number of rotatable bonds is 4. The van der Waals surface area contributed by atoms with Gasteiger partial charge in [-0.25, -0.2) is 0 Å². The van der Waals surface area contributed by atoms with Crippen molar-refractivity contribution in [2.24, 2.45) is 0 Å². The first-order valence-corrected chi connectivity index (χ1v) is 6.25. The third-order valence-electron chi connectivity index (χ3n) is 3.05. The van der Waals surface area contributed by atoms with Crippen molar-refractivity contribution in [3.05, 3.63) is 71.2 Å². The van der Waals surface area contributed by atoms with Crippen LogP contribution in [0, 0.1) is 5.21 Å². The first-order valence-electron chi connectivity index (χ1n) is 6.25. The van der Waals surface area contributed by atoms with Crippen molar-refractivity contribution in [1.29, 1.82) is 0 Å². The molecular weight excluding hydrogens is 256 g/mol. The summed E-state index contributed by atoms with van der Waals surface area (Å²) >= 11 is 0. The van der Waals surface area contributed by atoms with Gasteiger partial charge in [0.25, 0.3) is 5.69 Å². The predicted octanol–water partition coefficient (Wildman–Crippen LogP) is 0.957. The molecule has 104 valence electrons. The van der Waals surface area contributed by atoms with Crippen LogP contribution in [0.3, 0.4) is 0 Å². The van der Waals surface area contributed by atoms with Crippen LogP contribution < -0.4 is 10.0 Å². The van der Waals surface area contributed by atoms with Crippen LogP contribution in [0.2, 0.25) is 0 Å². The number of carbonyl (C=O) groups is 1. The lowest BCUT2D eigenvalue weighted by Gasteiger charge is -2.23. The summed E-state index contributed by atoms with van der Waals surface area (Å²) in [6.45, 7) is 1.63. The minimum absolute atomic E-state index is 0.00337. The molecule has 1 unspecified atom stereocenters. The van der Waals surface area contributed by atoms with Crippen molar-refractivity contribution < 1.29 is 14.6 Å². The molecule has 0 aliphatic rings. The lowest BCUT2D eigenvalue weighted by atomic mass is 9.96. The number of nitrogens with one attached hydrogen (secondary N) is 1. The Labute approximate surface area is 117 Å². The van der Waals surface area contributed by atoms with E-state index in [-0.39, 0.29) is 12.2 Å². The molecule has 0 radical (unpaired) electrons. The minimum atomic E-state index is -1.20. The smallest absolute Gasteiger partial charge is 0.317 e. The summed E-state index contributed by atoms with van der Waals surface area (Å²) in [6.07, 6.45) is 1.25. The zero-order chi connectivity index (χ0) is 14.6. The number of aromatic nitrogens is 1. The highest BCUT2D eigenvalue weighted by atomic mass is 16.5. The molecule has 0 saturated carbocycles. The second kappa shape index (κ2) is 5.71. The Kier molecular flexibility index (Phi) is 4.00. The topological polar surface area (TPSA) is 76.3 Å². The van der Waals surface area contributed by atoms with Crippen molar-refractivity contribution in [3.8, 4) is 0 Å². The number of carbonyl (C=O) groups excluding carboxylic acids is 1. The maximum absolute atomic E-state index is 11.9. The molecule has 0 spiro atoms. The fourth-order valence-electron chi connectivity index (χ4n) is 1.85. The van der Waals surface area contributed by atoms with E-state index in [4.69, 9.17) is 0 Å². The van der Waals surface area contributed by atoms with Gasteiger partial charge < -0.3 is 15.6 Å². The SMILES string of the molecule is CC(O)(CNC(=O)c1cccc[n+]1[O-])c1ccccc1. The van der Waals surface area contributed by atoms with Crippen LogP contribution in [-0.2, 0) is 5.60 Å². The van der Waals surface area contributed by atoms with Crippen LogP contribution >= 0.6 is 0 Å². The molecule has 1 aromatic heterocycles. The number of benzene rings is 1. The second-order valence-electron chi connectivity index (χ2n) is 4.73. The van der Waals surface area contributed by atoms with Gasteiger partial charge in [-0.05, 0) is 18.6 Å². The highest BCUT2D eigenvalue weighted by Crippen LogP contribution is 2.18. The highest BCUT2D eigenvalue weighted by Gasteiger charge is 2.25. The summed E-state index contributed by atoms with van der Waals surface area (Å²) in [4.78, 5) is 11.9. The van der Waals surface area contributed by atoms with Gasteiger partial charge in [-0.1, -0.05) is 30.3 Å². The van der Waals surface area contributed by atoms with E-state index in [0.717, 1.165) is 0 Å². The van der Waals surface area contributed by atoms with E-state index >= 15 is 0 Å². The Morgan fingerprint density at radius 1 is 1.25 bits per heavy atom. The quantitative estimate of drug-likeness (QED) is 0.643. The molecule has 0 saturated heterocycles. The average Bonchev–Trinajstić information content (AvgIpc) is 2.46. The van der Waals surface area contributed by atoms with E-state index in [2.05, 4.69) is 5.32 Å². The van der Waals surface area contributed by atoms with E-state index in [1.165, 1.54) is 12.3 Å². The highest BCUT2D eigenvalue weighted by molar-refractivity contribution is 5.90. The average molecular weight is 272 g/mol. The molecule has 2 aromatic rings. The van der Waals surface area contributed by atoms with Gasteiger partial charge in [0.15, 0.2) is 6.20 Å². The van der Waals surface area contributed by atoms with Gasteiger partial charge in [-0.2, -0.15) is 4.73 Å². The first kappa shape index (κ1) is 14.0. The van der Waals surface area contributed by atoms with E-state index < -0.39 is 11.5 Å². The number of nitrogens with zero attached hydrogens (tertiary/aromatic N) is 1. The van der Waals surface area contributed by atoms with E-state index in [1.807, 2.05) is 18.2 Å². The molecule has 1 atom stereocenters. The second-order valence-corrected chi connectivity index (χ2v) is 4.73. The zero-order valence-corrected chi connectivity index (χ0v) is 11.1. The molecule has 0 bridgehead atoms. The molecule has 2 rings (SSSR count). The Balaban J connectivity index is 2.05. The number of hydrogen-bond acceptors (Lipinski definition) is 3. The fraction of sp³-hybridized carbons (Fsp3) is 0.200. The van der Waals surface area contributed by atoms with Crippen LogP contribution in [0.5, 0.6) is 0 Å². The van der Waals surface area contributed by atoms with Crippen molar-refractivity contribution in [1.82, 2.24) is 5.32 Å². The fourth-order valence-corrected chi connectivity index (χ4v) is 1.85. The molecule has 1 aromatic carbocycles. The summed E-state index contributed by atoms with van der Waals surface area (Å²) in [6, 6.07) is 13.6. The Morgan fingerprint density at radius 3 is 2.55 bits per heavy atom. The molecule has 5 nitrogen and oxygen atoms in total. The van der Waals surface area contributed by atoms with Gasteiger partial charge in [-0.3, -0.25) is 4.79 Å². The van der Waals surface area contributed by atoms with E-state index in [1.54, 1.807) is 31.2 Å². The molecule has 1 heterocycles. The summed E-state index contributed by atoms with van der Waals surface area (Å²) < 4.78 is 0.493. The van der Waals surface area contributed by atoms with Gasteiger partial charge in [0.1, 0.15) is 5.60 Å². The van der Waals surface area contributed by atoms with Crippen molar-refractivity contribution in [2.45, 2.75) is 12.5 Å². The molecule has 1 amide bonds. The van der Waals surface area contributed by atoms with Gasteiger partial charge in [0.2, 0.25) is 0 Å². The van der Waals surface area contributed by atoms with Gasteiger partial charge >= 0.3 is 5.91 Å². The lowest BCUT2D eigenvalue weighted by molar-refractivity contribution is -0.607. The molecule has 2 N–H and O–H groups in total. The zero-order valence-electron chi connectivity index (χ0n) is 11.1. The summed E-state index contributed by atoms with van der Waals surface area (Å²) in [5.41, 5.74) is -0.501. The Hall–Kier alpha value is -2.40. The molecule has 0 aliphatic carbocycles. The monoisotopic (exact) mass is 272 g/mol. The standard InChI is InChI=1S/C15H16N2O3/c1-15(19,12-7-3-2-4-8-12)11-16-14(18)13-9-5-6-10-17(13)20/h2-10,19H,11H2,1H3,(H,16,18). The van der Waals surface area contributed by atoms with Gasteiger partial charge in [0.05, 0.1) is 6.54 Å². The molecule has 5 heteroatoms. The summed E-state index contributed by atoms with van der Waals surface area (Å²) in [5, 5.41) is 24.4. The van der Waals surface area contributed by atoms with Crippen LogP contribution in [0.1, 0.15) is 23.0 Å². The third-order valence-corrected chi connectivity index (χ3v) is 3.05.